The van der Waals surface area contributed by atoms with Crippen molar-refractivity contribution in [3.63, 3.8) is 0 Å². The van der Waals surface area contributed by atoms with Crippen LogP contribution in [0.5, 0.6) is 11.5 Å². The third kappa shape index (κ3) is 7.73. The van der Waals surface area contributed by atoms with Crippen molar-refractivity contribution in [2.45, 2.75) is 38.8 Å². The quantitative estimate of drug-likeness (QED) is 0.284. The number of nitrogens with zero attached hydrogens (tertiary/aromatic N) is 1. The molecule has 2 atom stereocenters. The molecule has 11 heteroatoms. The van der Waals surface area contributed by atoms with Gasteiger partial charge in [-0.15, -0.1) is 0 Å². The van der Waals surface area contributed by atoms with Gasteiger partial charge in [0, 0.05) is 25.1 Å². The number of amides is 1. The molecule has 39 heavy (non-hydrogen) atoms. The van der Waals surface area contributed by atoms with Crippen LogP contribution in [0.2, 0.25) is 0 Å². The molecule has 1 aromatic heterocycles. The minimum absolute atomic E-state index is 0.0926. The zero-order valence-corrected chi connectivity index (χ0v) is 21.8. The second-order valence-electron chi connectivity index (χ2n) is 8.51. The normalized spacial score (nSPS) is 12.3. The molecule has 9 nitrogen and oxygen atoms in total. The van der Waals surface area contributed by atoms with Gasteiger partial charge in [0.15, 0.2) is 17.2 Å². The molecule has 0 radical (unpaired) electrons. The SMILES string of the molecule is COc1ccnc(C(=O)N[C@@H](C)C(=O)O[C@@H](C)C(c2cccc(F)c2)c2cccc(F)c2)c1OCOC(C)=O. The van der Waals surface area contributed by atoms with Crippen LogP contribution in [0.15, 0.2) is 60.8 Å². The first kappa shape index (κ1) is 29.0. The van der Waals surface area contributed by atoms with E-state index in [1.54, 1.807) is 19.1 Å². The number of rotatable bonds is 11. The Bertz CT molecular complexity index is 1290. The Hall–Kier alpha value is -4.54. The van der Waals surface area contributed by atoms with Gasteiger partial charge in [0.1, 0.15) is 23.8 Å². The van der Waals surface area contributed by atoms with Gasteiger partial charge in [-0.1, -0.05) is 24.3 Å². The number of carbonyl (C=O) groups is 3. The van der Waals surface area contributed by atoms with Gasteiger partial charge in [-0.2, -0.15) is 0 Å². The van der Waals surface area contributed by atoms with Crippen molar-refractivity contribution >= 4 is 17.8 Å². The van der Waals surface area contributed by atoms with Gasteiger partial charge in [0.2, 0.25) is 6.79 Å². The first-order valence-corrected chi connectivity index (χ1v) is 11.9. The van der Waals surface area contributed by atoms with Gasteiger partial charge < -0.3 is 24.3 Å². The van der Waals surface area contributed by atoms with Gasteiger partial charge in [-0.3, -0.25) is 9.59 Å². The number of halogens is 2. The Kier molecular flexibility index (Phi) is 9.91. The summed E-state index contributed by atoms with van der Waals surface area (Å²) >= 11 is 0. The summed E-state index contributed by atoms with van der Waals surface area (Å²) in [5.74, 6) is -3.79. The maximum atomic E-state index is 14.0. The third-order valence-corrected chi connectivity index (χ3v) is 5.66. The summed E-state index contributed by atoms with van der Waals surface area (Å²) in [6, 6.07) is 11.8. The van der Waals surface area contributed by atoms with E-state index in [-0.39, 0.29) is 17.2 Å². The topological polar surface area (TPSA) is 113 Å². The van der Waals surface area contributed by atoms with E-state index in [9.17, 15) is 23.2 Å². The number of methoxy groups -OCH3 is 1. The number of nitrogens with one attached hydrogen (secondary N) is 1. The Balaban J connectivity index is 1.77. The maximum absolute atomic E-state index is 14.0. The first-order chi connectivity index (χ1) is 18.6. The zero-order valence-electron chi connectivity index (χ0n) is 21.8. The largest absolute Gasteiger partial charge is 0.493 e. The lowest BCUT2D eigenvalue weighted by atomic mass is 9.87. The van der Waals surface area contributed by atoms with Crippen LogP contribution in [-0.2, 0) is 19.1 Å². The predicted molar refractivity (Wildman–Crippen MR) is 135 cm³/mol. The van der Waals surface area contributed by atoms with E-state index in [4.69, 9.17) is 18.9 Å². The molecule has 0 fully saturated rings. The summed E-state index contributed by atoms with van der Waals surface area (Å²) in [5, 5.41) is 2.49. The van der Waals surface area contributed by atoms with Crippen molar-refractivity contribution in [2.24, 2.45) is 0 Å². The van der Waals surface area contributed by atoms with E-state index in [2.05, 4.69) is 10.3 Å². The number of ether oxygens (including phenoxy) is 4. The van der Waals surface area contributed by atoms with Gasteiger partial charge in [-0.05, 0) is 49.2 Å². The third-order valence-electron chi connectivity index (χ3n) is 5.66. The highest BCUT2D eigenvalue weighted by molar-refractivity contribution is 5.98. The second kappa shape index (κ2) is 13.3. The molecule has 0 bridgehead atoms. The number of hydrogen-bond donors (Lipinski definition) is 1. The molecular formula is C28H28F2N2O7. The molecule has 3 aromatic rings. The van der Waals surface area contributed by atoms with Crippen LogP contribution in [0.3, 0.4) is 0 Å². The molecule has 0 saturated carbocycles. The van der Waals surface area contributed by atoms with Crippen molar-refractivity contribution in [3.05, 3.63) is 89.2 Å². The molecule has 3 rings (SSSR count). The lowest BCUT2D eigenvalue weighted by Gasteiger charge is -2.26. The molecule has 206 valence electrons. The first-order valence-electron chi connectivity index (χ1n) is 11.9. The summed E-state index contributed by atoms with van der Waals surface area (Å²) < 4.78 is 49.0. The molecule has 0 spiro atoms. The molecule has 0 aliphatic carbocycles. The van der Waals surface area contributed by atoms with Crippen molar-refractivity contribution in [2.75, 3.05) is 13.9 Å². The standard InChI is InChI=1S/C28H28F2N2O7/c1-16(32-27(34)25-26(38-15-37-18(3)33)23(36-4)11-12-31-25)28(35)39-17(2)24(19-7-5-9-21(29)13-19)20-8-6-10-22(30)14-20/h5-14,16-17,24H,15H2,1-4H3,(H,32,34)/t16-,17-/m0/s1. The molecule has 0 saturated heterocycles. The molecule has 2 aromatic carbocycles. The molecule has 0 unspecified atom stereocenters. The van der Waals surface area contributed by atoms with Crippen LogP contribution in [0, 0.1) is 11.6 Å². The lowest BCUT2D eigenvalue weighted by Crippen LogP contribution is -2.41. The number of esters is 2. The fourth-order valence-corrected chi connectivity index (χ4v) is 3.88. The lowest BCUT2D eigenvalue weighted by molar-refractivity contribution is -0.151. The van der Waals surface area contributed by atoms with Gasteiger partial charge in [-0.25, -0.2) is 18.6 Å². The van der Waals surface area contributed by atoms with Crippen molar-refractivity contribution < 1.29 is 42.1 Å². The van der Waals surface area contributed by atoms with Crippen molar-refractivity contribution in [1.82, 2.24) is 10.3 Å². The van der Waals surface area contributed by atoms with Crippen LogP contribution in [0.1, 0.15) is 48.3 Å². The Morgan fingerprint density at radius 2 is 1.59 bits per heavy atom. The van der Waals surface area contributed by atoms with Crippen LogP contribution in [0.25, 0.3) is 0 Å². The van der Waals surface area contributed by atoms with Crippen LogP contribution in [0.4, 0.5) is 8.78 Å². The number of pyridine rings is 1. The smallest absolute Gasteiger partial charge is 0.328 e. The average Bonchev–Trinajstić information content (AvgIpc) is 2.88. The number of aromatic nitrogens is 1. The van der Waals surface area contributed by atoms with E-state index in [0.717, 1.165) is 0 Å². The minimum Gasteiger partial charge on any atom is -0.493 e. The molecule has 1 heterocycles. The van der Waals surface area contributed by atoms with E-state index in [1.807, 2.05) is 0 Å². The van der Waals surface area contributed by atoms with Crippen LogP contribution < -0.4 is 14.8 Å². The van der Waals surface area contributed by atoms with E-state index in [0.29, 0.717) is 11.1 Å². The highest BCUT2D eigenvalue weighted by Gasteiger charge is 2.29. The monoisotopic (exact) mass is 542 g/mol. The summed E-state index contributed by atoms with van der Waals surface area (Å²) in [6.07, 6.45) is 0.443. The van der Waals surface area contributed by atoms with Gasteiger partial charge in [0.25, 0.3) is 5.91 Å². The molecule has 0 aliphatic rings. The Morgan fingerprint density at radius 3 is 2.13 bits per heavy atom. The van der Waals surface area contributed by atoms with E-state index >= 15 is 0 Å². The van der Waals surface area contributed by atoms with E-state index in [1.165, 1.54) is 69.6 Å². The molecular weight excluding hydrogens is 514 g/mol. The zero-order chi connectivity index (χ0) is 28.5. The van der Waals surface area contributed by atoms with E-state index < -0.39 is 54.3 Å². The van der Waals surface area contributed by atoms with Crippen molar-refractivity contribution in [3.8, 4) is 11.5 Å². The fraction of sp³-hybridized carbons (Fsp3) is 0.286. The Labute approximate surface area is 224 Å². The number of benzene rings is 2. The number of hydrogen-bond acceptors (Lipinski definition) is 8. The van der Waals surface area contributed by atoms with Crippen LogP contribution in [-0.4, -0.2) is 48.9 Å². The molecule has 0 aliphatic heterocycles. The predicted octanol–water partition coefficient (Wildman–Crippen LogP) is 4.15. The molecule has 1 N–H and O–H groups in total. The summed E-state index contributed by atoms with van der Waals surface area (Å²) in [4.78, 5) is 41.0. The van der Waals surface area contributed by atoms with Gasteiger partial charge >= 0.3 is 11.9 Å². The van der Waals surface area contributed by atoms with Gasteiger partial charge in [0.05, 0.1) is 7.11 Å². The minimum atomic E-state index is -1.14. The summed E-state index contributed by atoms with van der Waals surface area (Å²) in [6.45, 7) is 3.70. The van der Waals surface area contributed by atoms with Crippen LogP contribution >= 0.6 is 0 Å². The maximum Gasteiger partial charge on any atom is 0.328 e. The number of carbonyl (C=O) groups excluding carboxylic acids is 3. The Morgan fingerprint density at radius 1 is 0.974 bits per heavy atom. The fourth-order valence-electron chi connectivity index (χ4n) is 3.88. The average molecular weight is 543 g/mol. The summed E-state index contributed by atoms with van der Waals surface area (Å²) in [5.41, 5.74) is 0.743. The van der Waals surface area contributed by atoms with Crippen molar-refractivity contribution in [1.29, 1.82) is 0 Å². The second-order valence-corrected chi connectivity index (χ2v) is 8.51. The molecule has 1 amide bonds. The summed E-state index contributed by atoms with van der Waals surface area (Å²) in [7, 11) is 1.35. The highest BCUT2D eigenvalue weighted by atomic mass is 19.1. The highest BCUT2D eigenvalue weighted by Crippen LogP contribution is 2.32.